The van der Waals surface area contributed by atoms with Crippen LogP contribution in [0.4, 0.5) is 0 Å². The third-order valence-electron chi connectivity index (χ3n) is 5.28. The van der Waals surface area contributed by atoms with Gasteiger partial charge in [-0.25, -0.2) is 0 Å². The number of carbonyl (C=O) groups is 3. The normalized spacial score (nSPS) is 27.9. The van der Waals surface area contributed by atoms with Crippen molar-refractivity contribution in [2.24, 2.45) is 10.8 Å². The minimum absolute atomic E-state index is 0.0851. The topological polar surface area (TPSA) is 74.7 Å². The highest BCUT2D eigenvalue weighted by atomic mass is 16.4. The maximum absolute atomic E-state index is 12.5. The van der Waals surface area contributed by atoms with Crippen molar-refractivity contribution in [3.05, 3.63) is 0 Å². The first-order valence-corrected chi connectivity index (χ1v) is 7.07. The molecule has 1 N–H and O–H groups in total. The quantitative estimate of drug-likeness (QED) is 0.786. The van der Waals surface area contributed by atoms with Gasteiger partial charge in [-0.1, -0.05) is 19.3 Å². The molecule has 3 rings (SSSR count). The van der Waals surface area contributed by atoms with E-state index in [0.29, 0.717) is 19.3 Å². The lowest BCUT2D eigenvalue weighted by Gasteiger charge is -2.40. The zero-order valence-corrected chi connectivity index (χ0v) is 11.0. The zero-order valence-electron chi connectivity index (χ0n) is 11.0. The van der Waals surface area contributed by atoms with Crippen LogP contribution >= 0.6 is 0 Å². The molecule has 1 spiro atoms. The van der Waals surface area contributed by atoms with Crippen molar-refractivity contribution >= 4 is 17.8 Å². The van der Waals surface area contributed by atoms with E-state index < -0.39 is 16.8 Å². The molecule has 3 aliphatic rings. The number of hydrogen-bond donors (Lipinski definition) is 1. The van der Waals surface area contributed by atoms with Gasteiger partial charge < -0.3 is 5.11 Å². The first-order valence-electron chi connectivity index (χ1n) is 7.07. The van der Waals surface area contributed by atoms with Crippen molar-refractivity contribution in [2.75, 3.05) is 6.54 Å². The number of hydrogen-bond acceptors (Lipinski definition) is 3. The summed E-state index contributed by atoms with van der Waals surface area (Å²) in [4.78, 5) is 37.2. The number of imide groups is 1. The molecule has 1 heterocycles. The van der Waals surface area contributed by atoms with Crippen LogP contribution in [0.5, 0.6) is 0 Å². The first-order chi connectivity index (χ1) is 8.99. The van der Waals surface area contributed by atoms with E-state index in [2.05, 4.69) is 0 Å². The highest BCUT2D eigenvalue weighted by Crippen LogP contribution is 2.49. The number of rotatable bonds is 3. The average Bonchev–Trinajstić information content (AvgIpc) is 2.83. The van der Waals surface area contributed by atoms with Crippen molar-refractivity contribution in [1.29, 1.82) is 0 Å². The number of aliphatic carboxylic acids is 1. The molecule has 5 heteroatoms. The van der Waals surface area contributed by atoms with Crippen molar-refractivity contribution < 1.29 is 19.5 Å². The number of likely N-dealkylation sites (tertiary alicyclic amines) is 1. The molecule has 0 aromatic rings. The van der Waals surface area contributed by atoms with Crippen molar-refractivity contribution in [2.45, 2.75) is 51.4 Å². The van der Waals surface area contributed by atoms with Crippen LogP contribution in [0.2, 0.25) is 0 Å². The molecule has 2 aliphatic carbocycles. The van der Waals surface area contributed by atoms with Gasteiger partial charge in [-0.2, -0.15) is 0 Å². The molecular formula is C14H19NO4. The standard InChI is InChI=1S/C14H19NO4/c16-10-8-13(4-1-2-5-13)11(17)15(10)9-14(12(18)19)6-3-7-14/h1-9H2,(H,18,19). The van der Waals surface area contributed by atoms with Gasteiger partial charge in [0.2, 0.25) is 11.8 Å². The molecule has 104 valence electrons. The predicted octanol–water partition coefficient (Wildman–Crippen LogP) is 1.56. The Kier molecular flexibility index (Phi) is 2.69. The summed E-state index contributed by atoms with van der Waals surface area (Å²) in [6.07, 6.45) is 5.88. The summed E-state index contributed by atoms with van der Waals surface area (Å²) in [5.74, 6) is -1.14. The van der Waals surface area contributed by atoms with Crippen LogP contribution in [0.1, 0.15) is 51.4 Å². The lowest BCUT2D eigenvalue weighted by molar-refractivity contribution is -0.159. The third kappa shape index (κ3) is 1.70. The highest BCUT2D eigenvalue weighted by molar-refractivity contribution is 6.06. The Morgan fingerprint density at radius 2 is 1.74 bits per heavy atom. The van der Waals surface area contributed by atoms with Gasteiger partial charge in [0.25, 0.3) is 0 Å². The molecule has 0 aromatic carbocycles. The van der Waals surface area contributed by atoms with Crippen molar-refractivity contribution in [3.8, 4) is 0 Å². The molecule has 0 bridgehead atoms. The summed E-state index contributed by atoms with van der Waals surface area (Å²) in [5.41, 5.74) is -1.35. The Morgan fingerprint density at radius 1 is 1.11 bits per heavy atom. The van der Waals surface area contributed by atoms with E-state index in [4.69, 9.17) is 0 Å². The number of carbonyl (C=O) groups excluding carboxylic acids is 2. The van der Waals surface area contributed by atoms with Crippen LogP contribution in [-0.4, -0.2) is 34.3 Å². The van der Waals surface area contributed by atoms with Gasteiger partial charge in [0.1, 0.15) is 0 Å². The predicted molar refractivity (Wildman–Crippen MR) is 66.2 cm³/mol. The Bertz CT molecular complexity index is 446. The van der Waals surface area contributed by atoms with Crippen LogP contribution in [-0.2, 0) is 14.4 Å². The van der Waals surface area contributed by atoms with E-state index >= 15 is 0 Å². The van der Waals surface area contributed by atoms with Gasteiger partial charge in [0.15, 0.2) is 0 Å². The lowest BCUT2D eigenvalue weighted by atomic mass is 9.68. The fourth-order valence-electron chi connectivity index (χ4n) is 3.81. The summed E-state index contributed by atoms with van der Waals surface area (Å²) in [6, 6.07) is 0. The molecule has 3 fully saturated rings. The SMILES string of the molecule is O=C1CC2(CCCC2)C(=O)N1CC1(C(=O)O)CCC1. The van der Waals surface area contributed by atoms with Crippen LogP contribution in [0.15, 0.2) is 0 Å². The molecule has 1 aliphatic heterocycles. The minimum Gasteiger partial charge on any atom is -0.481 e. The largest absolute Gasteiger partial charge is 0.481 e. The second-order valence-corrected chi connectivity index (χ2v) is 6.39. The minimum atomic E-state index is -0.869. The molecule has 0 unspecified atom stereocenters. The van der Waals surface area contributed by atoms with E-state index in [1.54, 1.807) is 0 Å². The molecule has 2 saturated carbocycles. The van der Waals surface area contributed by atoms with E-state index in [1.807, 2.05) is 0 Å². The van der Waals surface area contributed by atoms with E-state index in [1.165, 1.54) is 4.90 Å². The summed E-state index contributed by atoms with van der Waals surface area (Å²) >= 11 is 0. The van der Waals surface area contributed by atoms with Crippen molar-refractivity contribution in [3.63, 3.8) is 0 Å². The fraction of sp³-hybridized carbons (Fsp3) is 0.786. The monoisotopic (exact) mass is 265 g/mol. The van der Waals surface area contributed by atoms with Gasteiger partial charge in [0.05, 0.1) is 10.8 Å². The molecular weight excluding hydrogens is 246 g/mol. The third-order valence-corrected chi connectivity index (χ3v) is 5.28. The first kappa shape index (κ1) is 12.6. The maximum atomic E-state index is 12.5. The molecule has 1 saturated heterocycles. The number of carboxylic acids is 1. The van der Waals surface area contributed by atoms with E-state index in [9.17, 15) is 19.5 Å². The Morgan fingerprint density at radius 3 is 2.21 bits per heavy atom. The van der Waals surface area contributed by atoms with Crippen LogP contribution < -0.4 is 0 Å². The highest BCUT2D eigenvalue weighted by Gasteiger charge is 2.56. The van der Waals surface area contributed by atoms with E-state index in [0.717, 1.165) is 32.1 Å². The van der Waals surface area contributed by atoms with Crippen LogP contribution in [0.3, 0.4) is 0 Å². The fourth-order valence-corrected chi connectivity index (χ4v) is 3.81. The number of amides is 2. The summed E-state index contributed by atoms with van der Waals surface area (Å²) in [5, 5.41) is 9.32. The van der Waals surface area contributed by atoms with Gasteiger partial charge in [-0.3, -0.25) is 19.3 Å². The Balaban J connectivity index is 1.80. The molecule has 19 heavy (non-hydrogen) atoms. The van der Waals surface area contributed by atoms with E-state index in [-0.39, 0.29) is 18.4 Å². The van der Waals surface area contributed by atoms with Gasteiger partial charge in [-0.05, 0) is 25.7 Å². The van der Waals surface area contributed by atoms with Gasteiger partial charge in [0, 0.05) is 13.0 Å². The summed E-state index contributed by atoms with van der Waals surface area (Å²) in [7, 11) is 0. The summed E-state index contributed by atoms with van der Waals surface area (Å²) < 4.78 is 0. The maximum Gasteiger partial charge on any atom is 0.311 e. The second kappa shape index (κ2) is 4.05. The Labute approximate surface area is 112 Å². The lowest BCUT2D eigenvalue weighted by Crippen LogP contribution is -2.50. The molecule has 0 atom stereocenters. The smallest absolute Gasteiger partial charge is 0.311 e. The van der Waals surface area contributed by atoms with Gasteiger partial charge in [-0.15, -0.1) is 0 Å². The number of nitrogens with zero attached hydrogens (tertiary/aromatic N) is 1. The van der Waals surface area contributed by atoms with Crippen molar-refractivity contribution in [1.82, 2.24) is 4.90 Å². The molecule has 2 amide bonds. The van der Waals surface area contributed by atoms with Crippen LogP contribution in [0.25, 0.3) is 0 Å². The summed E-state index contributed by atoms with van der Waals surface area (Å²) in [6.45, 7) is 0.0851. The molecule has 0 radical (unpaired) electrons. The second-order valence-electron chi connectivity index (χ2n) is 6.39. The molecule has 5 nitrogen and oxygen atoms in total. The number of carboxylic acid groups (broad SMARTS) is 1. The Hall–Kier alpha value is -1.39. The average molecular weight is 265 g/mol. The zero-order chi connectivity index (χ0) is 13.7. The molecule has 0 aromatic heterocycles. The van der Waals surface area contributed by atoms with Gasteiger partial charge >= 0.3 is 5.97 Å². The van der Waals surface area contributed by atoms with Crippen LogP contribution in [0, 0.1) is 10.8 Å².